The minimum Gasteiger partial charge on any atom is -0.395 e. The molecule has 7 heteroatoms. The predicted molar refractivity (Wildman–Crippen MR) is 71.9 cm³/mol. The molecule has 6 nitrogen and oxygen atoms in total. The Morgan fingerprint density at radius 2 is 2.47 bits per heavy atom. The predicted octanol–water partition coefficient (Wildman–Crippen LogP) is 0.863. The van der Waals surface area contributed by atoms with E-state index in [0.29, 0.717) is 17.2 Å². The van der Waals surface area contributed by atoms with Gasteiger partial charge in [0.2, 0.25) is 0 Å². The van der Waals surface area contributed by atoms with Crippen LogP contribution in [0.4, 0.5) is 5.13 Å². The Labute approximate surface area is 114 Å². The smallest absolute Gasteiger partial charge is 0.275 e. The Balaban J connectivity index is 2.03. The van der Waals surface area contributed by atoms with Gasteiger partial charge in [0.05, 0.1) is 17.7 Å². The van der Waals surface area contributed by atoms with Crippen LogP contribution < -0.4 is 5.32 Å². The van der Waals surface area contributed by atoms with Crippen molar-refractivity contribution in [3.8, 4) is 11.8 Å². The van der Waals surface area contributed by atoms with Gasteiger partial charge < -0.3 is 5.11 Å². The van der Waals surface area contributed by atoms with Crippen molar-refractivity contribution in [1.29, 1.82) is 0 Å². The van der Waals surface area contributed by atoms with Gasteiger partial charge in [0, 0.05) is 19.7 Å². The summed E-state index contributed by atoms with van der Waals surface area (Å²) in [7, 11) is 1.70. The van der Waals surface area contributed by atoms with Crippen LogP contribution in [0.15, 0.2) is 18.5 Å². The fraction of sp³-hybridized carbons (Fsp3) is 0.250. The van der Waals surface area contributed by atoms with Crippen LogP contribution in [0.1, 0.15) is 21.8 Å². The lowest BCUT2D eigenvalue weighted by atomic mass is 10.4. The summed E-state index contributed by atoms with van der Waals surface area (Å²) in [6, 6.07) is 1.63. The van der Waals surface area contributed by atoms with Gasteiger partial charge in [-0.1, -0.05) is 23.2 Å². The van der Waals surface area contributed by atoms with E-state index in [1.165, 1.54) is 16.0 Å². The molecule has 2 rings (SSSR count). The monoisotopic (exact) mass is 276 g/mol. The zero-order valence-corrected chi connectivity index (χ0v) is 11.1. The highest BCUT2D eigenvalue weighted by Crippen LogP contribution is 2.17. The van der Waals surface area contributed by atoms with Gasteiger partial charge in [-0.15, -0.1) is 0 Å². The van der Waals surface area contributed by atoms with Crippen molar-refractivity contribution in [2.75, 3.05) is 11.9 Å². The van der Waals surface area contributed by atoms with Crippen molar-refractivity contribution in [1.82, 2.24) is 14.8 Å². The summed E-state index contributed by atoms with van der Waals surface area (Å²) >= 11 is 1.29. The molecule has 2 N–H and O–H groups in total. The number of carbonyl (C=O) groups is 1. The average Bonchev–Trinajstić information content (AvgIpc) is 2.99. The molecule has 0 spiro atoms. The summed E-state index contributed by atoms with van der Waals surface area (Å²) in [5.41, 5.74) is 0.461. The largest absolute Gasteiger partial charge is 0.395 e. The molecule has 0 aliphatic rings. The van der Waals surface area contributed by atoms with Crippen molar-refractivity contribution >= 4 is 22.4 Å². The van der Waals surface area contributed by atoms with Gasteiger partial charge in [-0.05, 0) is 6.07 Å². The third-order valence-electron chi connectivity index (χ3n) is 2.23. The van der Waals surface area contributed by atoms with Gasteiger partial charge in [-0.2, -0.15) is 5.10 Å². The first kappa shape index (κ1) is 13.3. The van der Waals surface area contributed by atoms with E-state index in [2.05, 4.69) is 27.2 Å². The fourth-order valence-electron chi connectivity index (χ4n) is 1.35. The van der Waals surface area contributed by atoms with E-state index in [0.717, 1.165) is 4.88 Å². The standard InChI is InChI=1S/C12H12N4O2S/c1-16-10(5-6-14-16)11(18)15-12-13-8-9(19-12)4-2-3-7-17/h5-6,8,17H,3,7H2,1H3,(H,13,15,18). The van der Waals surface area contributed by atoms with Gasteiger partial charge in [-0.3, -0.25) is 14.8 Å². The molecule has 2 aromatic heterocycles. The molecule has 0 saturated carbocycles. The maximum atomic E-state index is 11.9. The molecule has 0 radical (unpaired) electrons. The Morgan fingerprint density at radius 3 is 3.16 bits per heavy atom. The van der Waals surface area contributed by atoms with Gasteiger partial charge in [0.25, 0.3) is 5.91 Å². The third-order valence-corrected chi connectivity index (χ3v) is 3.06. The molecule has 0 fully saturated rings. The Hall–Kier alpha value is -2.17. The second-order valence-corrected chi connectivity index (χ2v) is 4.63. The second kappa shape index (κ2) is 6.13. The number of anilines is 1. The minimum atomic E-state index is -0.260. The first-order chi connectivity index (χ1) is 9.20. The molecular formula is C12H12N4O2S. The first-order valence-corrected chi connectivity index (χ1v) is 6.37. The highest BCUT2D eigenvalue weighted by atomic mass is 32.1. The molecule has 2 heterocycles. The highest BCUT2D eigenvalue weighted by molar-refractivity contribution is 7.16. The molecule has 2 aromatic rings. The number of nitrogens with zero attached hydrogens (tertiary/aromatic N) is 3. The van der Waals surface area contributed by atoms with Crippen LogP contribution >= 0.6 is 11.3 Å². The van der Waals surface area contributed by atoms with Crippen LogP contribution in [0.5, 0.6) is 0 Å². The van der Waals surface area contributed by atoms with E-state index >= 15 is 0 Å². The molecule has 0 unspecified atom stereocenters. The van der Waals surface area contributed by atoms with E-state index in [1.54, 1.807) is 25.5 Å². The Kier molecular flexibility index (Phi) is 4.28. The molecule has 0 bridgehead atoms. The quantitative estimate of drug-likeness (QED) is 0.815. The summed E-state index contributed by atoms with van der Waals surface area (Å²) in [5.74, 6) is 5.40. The molecule has 0 atom stereocenters. The Morgan fingerprint density at radius 1 is 1.63 bits per heavy atom. The van der Waals surface area contributed by atoms with Crippen molar-refractivity contribution in [2.45, 2.75) is 6.42 Å². The topological polar surface area (TPSA) is 80.0 Å². The molecule has 19 heavy (non-hydrogen) atoms. The highest BCUT2D eigenvalue weighted by Gasteiger charge is 2.11. The number of aliphatic hydroxyl groups is 1. The number of hydrogen-bond acceptors (Lipinski definition) is 5. The summed E-state index contributed by atoms with van der Waals surface area (Å²) < 4.78 is 1.49. The molecule has 0 aliphatic heterocycles. The van der Waals surface area contributed by atoms with Crippen molar-refractivity contribution in [3.05, 3.63) is 29.0 Å². The lowest BCUT2D eigenvalue weighted by Crippen LogP contribution is -2.15. The maximum absolute atomic E-state index is 11.9. The fourth-order valence-corrected chi connectivity index (χ4v) is 2.04. The van der Waals surface area contributed by atoms with E-state index in [-0.39, 0.29) is 12.5 Å². The number of thiazole rings is 1. The zero-order chi connectivity index (χ0) is 13.7. The van der Waals surface area contributed by atoms with Gasteiger partial charge >= 0.3 is 0 Å². The number of carbonyl (C=O) groups excluding carboxylic acids is 1. The number of nitrogens with one attached hydrogen (secondary N) is 1. The van der Waals surface area contributed by atoms with Gasteiger partial charge in [-0.25, -0.2) is 4.98 Å². The molecule has 98 valence electrons. The molecule has 0 aliphatic carbocycles. The molecule has 0 saturated heterocycles. The summed E-state index contributed by atoms with van der Waals surface area (Å²) in [6.07, 6.45) is 3.57. The van der Waals surface area contributed by atoms with Gasteiger partial charge in [0.15, 0.2) is 5.13 Å². The summed E-state index contributed by atoms with van der Waals surface area (Å²) in [5, 5.41) is 15.7. The van der Waals surface area contributed by atoms with Crippen LogP contribution in [-0.4, -0.2) is 32.4 Å². The lowest BCUT2D eigenvalue weighted by Gasteiger charge is -2.00. The van der Waals surface area contributed by atoms with E-state index in [9.17, 15) is 4.79 Å². The van der Waals surface area contributed by atoms with Crippen molar-refractivity contribution < 1.29 is 9.90 Å². The molecular weight excluding hydrogens is 264 g/mol. The number of aromatic nitrogens is 3. The van der Waals surface area contributed by atoms with Crippen molar-refractivity contribution in [2.24, 2.45) is 7.05 Å². The second-order valence-electron chi connectivity index (χ2n) is 3.60. The minimum absolute atomic E-state index is 0.0376. The van der Waals surface area contributed by atoms with Crippen LogP contribution in [0.3, 0.4) is 0 Å². The Bertz CT molecular complexity index is 635. The molecule has 1 amide bonds. The normalized spacial score (nSPS) is 9.79. The number of aryl methyl sites for hydroxylation is 1. The number of rotatable bonds is 3. The van der Waals surface area contributed by atoms with Crippen LogP contribution in [0, 0.1) is 11.8 Å². The number of amides is 1. The van der Waals surface area contributed by atoms with E-state index < -0.39 is 0 Å². The SMILES string of the molecule is Cn1nccc1C(=O)Nc1ncc(C#CCCO)s1. The van der Waals surface area contributed by atoms with E-state index in [1.807, 2.05) is 0 Å². The molecule has 0 aromatic carbocycles. The maximum Gasteiger partial charge on any atom is 0.275 e. The van der Waals surface area contributed by atoms with Crippen LogP contribution in [0.25, 0.3) is 0 Å². The first-order valence-electron chi connectivity index (χ1n) is 5.55. The van der Waals surface area contributed by atoms with Crippen LogP contribution in [-0.2, 0) is 7.05 Å². The summed E-state index contributed by atoms with van der Waals surface area (Å²) in [6.45, 7) is 0.0376. The summed E-state index contributed by atoms with van der Waals surface area (Å²) in [4.78, 5) is 16.7. The third kappa shape index (κ3) is 3.40. The number of aliphatic hydroxyl groups excluding tert-OH is 1. The average molecular weight is 276 g/mol. The van der Waals surface area contributed by atoms with Crippen LogP contribution in [0.2, 0.25) is 0 Å². The number of hydrogen-bond donors (Lipinski definition) is 2. The zero-order valence-electron chi connectivity index (χ0n) is 10.3. The van der Waals surface area contributed by atoms with Crippen molar-refractivity contribution in [3.63, 3.8) is 0 Å². The lowest BCUT2D eigenvalue weighted by molar-refractivity contribution is 0.101. The van der Waals surface area contributed by atoms with Gasteiger partial charge in [0.1, 0.15) is 5.69 Å². The van der Waals surface area contributed by atoms with E-state index in [4.69, 9.17) is 5.11 Å².